The van der Waals surface area contributed by atoms with Crippen molar-refractivity contribution in [1.82, 2.24) is 0 Å². The standard InChI is InChI=1S/C11H14O/c1-2-12-11-5-3-4-10(8-11)9-6-7-9/h3-5,8-9H,2,6-7H2,1H3. The molecular weight excluding hydrogens is 148 g/mol. The fourth-order valence-electron chi connectivity index (χ4n) is 1.44. The highest BCUT2D eigenvalue weighted by atomic mass is 16.5. The average Bonchev–Trinajstić information content (AvgIpc) is 2.88. The summed E-state index contributed by atoms with van der Waals surface area (Å²) in [6.45, 7) is 2.78. The Balaban J connectivity index is 2.15. The molecule has 0 unspecified atom stereocenters. The Bertz CT molecular complexity index is 263. The van der Waals surface area contributed by atoms with Gasteiger partial charge in [0, 0.05) is 0 Å². The summed E-state index contributed by atoms with van der Waals surface area (Å²) >= 11 is 0. The van der Waals surface area contributed by atoms with E-state index in [4.69, 9.17) is 4.74 Å². The second-order valence-corrected chi connectivity index (χ2v) is 3.28. The Morgan fingerprint density at radius 3 is 2.92 bits per heavy atom. The van der Waals surface area contributed by atoms with E-state index in [2.05, 4.69) is 18.2 Å². The van der Waals surface area contributed by atoms with Crippen molar-refractivity contribution in [2.24, 2.45) is 0 Å². The van der Waals surface area contributed by atoms with Crippen LogP contribution in [0.2, 0.25) is 0 Å². The quantitative estimate of drug-likeness (QED) is 0.664. The maximum atomic E-state index is 5.42. The van der Waals surface area contributed by atoms with Crippen molar-refractivity contribution in [3.05, 3.63) is 29.8 Å². The molecule has 0 saturated heterocycles. The first-order valence-electron chi connectivity index (χ1n) is 4.63. The molecule has 1 heteroatoms. The topological polar surface area (TPSA) is 9.23 Å². The van der Waals surface area contributed by atoms with E-state index in [1.807, 2.05) is 13.0 Å². The molecule has 0 aromatic heterocycles. The van der Waals surface area contributed by atoms with Gasteiger partial charge in [0.15, 0.2) is 0 Å². The van der Waals surface area contributed by atoms with Crippen molar-refractivity contribution in [2.45, 2.75) is 25.7 Å². The molecule has 64 valence electrons. The Labute approximate surface area is 73.4 Å². The number of ether oxygens (including phenoxy) is 1. The van der Waals surface area contributed by atoms with E-state index in [0.717, 1.165) is 18.3 Å². The number of benzene rings is 1. The molecule has 0 radical (unpaired) electrons. The van der Waals surface area contributed by atoms with Gasteiger partial charge in [-0.15, -0.1) is 0 Å². The summed E-state index contributed by atoms with van der Waals surface area (Å²) in [7, 11) is 0. The fourth-order valence-corrected chi connectivity index (χ4v) is 1.44. The van der Waals surface area contributed by atoms with E-state index in [9.17, 15) is 0 Å². The third kappa shape index (κ3) is 1.60. The van der Waals surface area contributed by atoms with Gasteiger partial charge >= 0.3 is 0 Å². The highest BCUT2D eigenvalue weighted by Crippen LogP contribution is 2.40. The van der Waals surface area contributed by atoms with Crippen LogP contribution >= 0.6 is 0 Å². The molecule has 0 aliphatic heterocycles. The minimum Gasteiger partial charge on any atom is -0.494 e. The average molecular weight is 162 g/mol. The zero-order chi connectivity index (χ0) is 8.39. The van der Waals surface area contributed by atoms with Gasteiger partial charge in [0.1, 0.15) is 5.75 Å². The first kappa shape index (κ1) is 7.66. The number of hydrogen-bond acceptors (Lipinski definition) is 1. The lowest BCUT2D eigenvalue weighted by molar-refractivity contribution is 0.340. The van der Waals surface area contributed by atoms with Gasteiger partial charge in [0.05, 0.1) is 6.61 Å². The molecule has 1 aromatic carbocycles. The highest BCUT2D eigenvalue weighted by Gasteiger charge is 2.23. The van der Waals surface area contributed by atoms with Gasteiger partial charge in [-0.05, 0) is 43.4 Å². The molecule has 0 amide bonds. The van der Waals surface area contributed by atoms with Crippen LogP contribution in [0.5, 0.6) is 5.75 Å². The third-order valence-electron chi connectivity index (χ3n) is 2.22. The molecule has 0 atom stereocenters. The van der Waals surface area contributed by atoms with E-state index in [0.29, 0.717) is 0 Å². The van der Waals surface area contributed by atoms with Gasteiger partial charge in [0.2, 0.25) is 0 Å². The van der Waals surface area contributed by atoms with Gasteiger partial charge < -0.3 is 4.74 Å². The van der Waals surface area contributed by atoms with Crippen molar-refractivity contribution >= 4 is 0 Å². The second kappa shape index (κ2) is 3.18. The highest BCUT2D eigenvalue weighted by molar-refractivity contribution is 5.32. The van der Waals surface area contributed by atoms with Crippen molar-refractivity contribution < 1.29 is 4.74 Å². The summed E-state index contributed by atoms with van der Waals surface area (Å²) in [4.78, 5) is 0. The molecule has 1 fully saturated rings. The molecule has 1 aliphatic carbocycles. The number of hydrogen-bond donors (Lipinski definition) is 0. The summed E-state index contributed by atoms with van der Waals surface area (Å²) in [6, 6.07) is 8.47. The van der Waals surface area contributed by atoms with Crippen LogP contribution in [0.25, 0.3) is 0 Å². The lowest BCUT2D eigenvalue weighted by Gasteiger charge is -2.04. The normalized spacial score (nSPS) is 16.1. The summed E-state index contributed by atoms with van der Waals surface area (Å²) < 4.78 is 5.42. The minimum atomic E-state index is 0.758. The van der Waals surface area contributed by atoms with Crippen molar-refractivity contribution in [3.8, 4) is 5.75 Å². The maximum absolute atomic E-state index is 5.42. The first-order valence-corrected chi connectivity index (χ1v) is 4.63. The summed E-state index contributed by atoms with van der Waals surface area (Å²) in [6.07, 6.45) is 2.71. The molecule has 1 aromatic rings. The molecule has 1 nitrogen and oxygen atoms in total. The maximum Gasteiger partial charge on any atom is 0.119 e. The number of rotatable bonds is 3. The first-order chi connectivity index (χ1) is 5.90. The fraction of sp³-hybridized carbons (Fsp3) is 0.455. The Hall–Kier alpha value is -0.980. The van der Waals surface area contributed by atoms with E-state index in [-0.39, 0.29) is 0 Å². The van der Waals surface area contributed by atoms with Gasteiger partial charge in [-0.3, -0.25) is 0 Å². The van der Waals surface area contributed by atoms with Crippen molar-refractivity contribution in [3.63, 3.8) is 0 Å². The van der Waals surface area contributed by atoms with E-state index >= 15 is 0 Å². The van der Waals surface area contributed by atoms with Crippen LogP contribution in [0.1, 0.15) is 31.2 Å². The SMILES string of the molecule is CCOc1cccc(C2CC2)c1. The van der Waals surface area contributed by atoms with Gasteiger partial charge in [-0.2, -0.15) is 0 Å². The minimum absolute atomic E-state index is 0.758. The molecule has 0 bridgehead atoms. The van der Waals surface area contributed by atoms with Crippen LogP contribution in [0.3, 0.4) is 0 Å². The molecule has 0 heterocycles. The van der Waals surface area contributed by atoms with Crippen LogP contribution in [-0.4, -0.2) is 6.61 Å². The van der Waals surface area contributed by atoms with Crippen LogP contribution in [0.15, 0.2) is 24.3 Å². The van der Waals surface area contributed by atoms with E-state index in [1.165, 1.54) is 18.4 Å². The Morgan fingerprint density at radius 2 is 2.25 bits per heavy atom. The lowest BCUT2D eigenvalue weighted by Crippen LogP contribution is -1.91. The molecule has 12 heavy (non-hydrogen) atoms. The Kier molecular flexibility index (Phi) is 2.03. The second-order valence-electron chi connectivity index (χ2n) is 3.28. The van der Waals surface area contributed by atoms with Crippen molar-refractivity contribution in [2.75, 3.05) is 6.61 Å². The smallest absolute Gasteiger partial charge is 0.119 e. The van der Waals surface area contributed by atoms with Gasteiger partial charge in [0.25, 0.3) is 0 Å². The monoisotopic (exact) mass is 162 g/mol. The summed E-state index contributed by atoms with van der Waals surface area (Å²) in [5, 5.41) is 0. The summed E-state index contributed by atoms with van der Waals surface area (Å²) in [5.41, 5.74) is 1.45. The zero-order valence-corrected chi connectivity index (χ0v) is 7.42. The van der Waals surface area contributed by atoms with Gasteiger partial charge in [-0.25, -0.2) is 0 Å². The Morgan fingerprint density at radius 1 is 1.42 bits per heavy atom. The van der Waals surface area contributed by atoms with Crippen LogP contribution < -0.4 is 4.74 Å². The molecule has 1 aliphatic rings. The largest absolute Gasteiger partial charge is 0.494 e. The molecular formula is C11H14O. The van der Waals surface area contributed by atoms with Crippen molar-refractivity contribution in [1.29, 1.82) is 0 Å². The van der Waals surface area contributed by atoms with Gasteiger partial charge in [-0.1, -0.05) is 12.1 Å². The zero-order valence-electron chi connectivity index (χ0n) is 7.42. The predicted octanol–water partition coefficient (Wildman–Crippen LogP) is 2.96. The molecule has 0 spiro atoms. The molecule has 2 rings (SSSR count). The molecule has 1 saturated carbocycles. The third-order valence-corrected chi connectivity index (χ3v) is 2.22. The van der Waals surface area contributed by atoms with Crippen LogP contribution in [-0.2, 0) is 0 Å². The van der Waals surface area contributed by atoms with Crippen LogP contribution in [0.4, 0.5) is 0 Å². The lowest BCUT2D eigenvalue weighted by atomic mass is 10.1. The summed E-state index contributed by atoms with van der Waals surface area (Å²) in [5.74, 6) is 1.84. The van der Waals surface area contributed by atoms with E-state index < -0.39 is 0 Å². The molecule has 0 N–H and O–H groups in total. The predicted molar refractivity (Wildman–Crippen MR) is 49.6 cm³/mol. The van der Waals surface area contributed by atoms with E-state index in [1.54, 1.807) is 0 Å². The van der Waals surface area contributed by atoms with Crippen LogP contribution in [0, 0.1) is 0 Å².